The van der Waals surface area contributed by atoms with Gasteiger partial charge >= 0.3 is 0 Å². The molecule has 2 heterocycles. The highest BCUT2D eigenvalue weighted by atomic mass is 32.1. The highest BCUT2D eigenvalue weighted by Crippen LogP contribution is 2.29. The number of hydrogen-bond acceptors (Lipinski definition) is 4. The molecule has 1 aliphatic carbocycles. The lowest BCUT2D eigenvalue weighted by Crippen LogP contribution is -2.06. The first-order chi connectivity index (χ1) is 11.3. The van der Waals surface area contributed by atoms with Crippen LogP contribution in [0.3, 0.4) is 0 Å². The zero-order chi connectivity index (χ0) is 15.6. The molecule has 0 unspecified atom stereocenters. The Morgan fingerprint density at radius 1 is 1.26 bits per heavy atom. The van der Waals surface area contributed by atoms with Gasteiger partial charge in [0, 0.05) is 23.3 Å². The monoisotopic (exact) mass is 322 g/mol. The van der Waals surface area contributed by atoms with Crippen molar-refractivity contribution in [1.82, 2.24) is 9.97 Å². The van der Waals surface area contributed by atoms with Crippen molar-refractivity contribution in [3.8, 4) is 0 Å². The van der Waals surface area contributed by atoms with Gasteiger partial charge in [0.1, 0.15) is 0 Å². The van der Waals surface area contributed by atoms with Crippen LogP contribution in [0.25, 0.3) is 10.9 Å². The summed E-state index contributed by atoms with van der Waals surface area (Å²) in [6.45, 7) is 0. The molecular weight excluding hydrogens is 304 g/mol. The Labute approximate surface area is 138 Å². The fourth-order valence-electron chi connectivity index (χ4n) is 2.97. The third-order valence-electron chi connectivity index (χ3n) is 4.13. The van der Waals surface area contributed by atoms with Gasteiger partial charge in [0.2, 0.25) is 0 Å². The molecule has 0 saturated heterocycles. The first-order valence-electron chi connectivity index (χ1n) is 7.86. The number of nitrogens with two attached hydrogens (primary N) is 1. The largest absolute Gasteiger partial charge is 0.375 e. The van der Waals surface area contributed by atoms with Gasteiger partial charge in [-0.2, -0.15) is 0 Å². The Bertz CT molecular complexity index is 901. The lowest BCUT2D eigenvalue weighted by molar-refractivity contribution is 0.717. The number of thiazole rings is 1. The van der Waals surface area contributed by atoms with Crippen LogP contribution in [0.5, 0.6) is 0 Å². The van der Waals surface area contributed by atoms with E-state index >= 15 is 0 Å². The molecule has 3 N–H and O–H groups in total. The van der Waals surface area contributed by atoms with Gasteiger partial charge in [-0.25, -0.2) is 9.98 Å². The number of hydrogen-bond donors (Lipinski definition) is 2. The standard InChI is InChI=1S/C18H18N4S/c19-18-21-11-16(23-18)17(12-4-2-1-3-5-12)22-14-6-7-15-13(10-14)8-9-20-15/h4,6-11,20H,1-3,5H2,(H2,19,21)/b22-17+. The van der Waals surface area contributed by atoms with Crippen LogP contribution in [-0.4, -0.2) is 15.7 Å². The van der Waals surface area contributed by atoms with Crippen LogP contribution in [-0.2, 0) is 0 Å². The predicted octanol–water partition coefficient (Wildman–Crippen LogP) is 4.83. The number of aromatic amines is 1. The number of aliphatic imine (C=N–C) groups is 1. The number of allylic oxidation sites excluding steroid dienone is 2. The number of nitrogens with one attached hydrogen (secondary N) is 1. The topological polar surface area (TPSA) is 67.1 Å². The van der Waals surface area contributed by atoms with E-state index in [2.05, 4.69) is 34.2 Å². The van der Waals surface area contributed by atoms with Gasteiger partial charge < -0.3 is 10.7 Å². The molecule has 5 heteroatoms. The number of nitrogen functional groups attached to an aromatic ring is 1. The molecule has 0 fully saturated rings. The minimum absolute atomic E-state index is 0.588. The Morgan fingerprint density at radius 3 is 3.00 bits per heavy atom. The molecule has 0 saturated carbocycles. The van der Waals surface area contributed by atoms with Crippen LogP contribution in [0.4, 0.5) is 10.8 Å². The SMILES string of the molecule is Nc1ncc(/C(=N/c2ccc3[nH]ccc3c2)C2=CCCCC2)s1. The maximum atomic E-state index is 5.83. The number of fused-ring (bicyclic) bond motifs is 1. The Morgan fingerprint density at radius 2 is 2.22 bits per heavy atom. The van der Waals surface area contributed by atoms with Gasteiger partial charge in [0.15, 0.2) is 5.13 Å². The van der Waals surface area contributed by atoms with Gasteiger partial charge in [-0.3, -0.25) is 0 Å². The third kappa shape index (κ3) is 2.92. The molecular formula is C18H18N4S. The van der Waals surface area contributed by atoms with E-state index in [9.17, 15) is 0 Å². The Balaban J connectivity index is 1.81. The summed E-state index contributed by atoms with van der Waals surface area (Å²) < 4.78 is 0. The van der Waals surface area contributed by atoms with Crippen LogP contribution in [0.1, 0.15) is 30.6 Å². The van der Waals surface area contributed by atoms with Crippen LogP contribution >= 0.6 is 11.3 Å². The molecule has 2 aromatic heterocycles. The highest BCUT2D eigenvalue weighted by Gasteiger charge is 2.15. The summed E-state index contributed by atoms with van der Waals surface area (Å²) >= 11 is 1.50. The second kappa shape index (κ2) is 6.01. The van der Waals surface area contributed by atoms with Crippen molar-refractivity contribution in [3.05, 3.63) is 53.2 Å². The number of benzene rings is 1. The minimum Gasteiger partial charge on any atom is -0.375 e. The number of anilines is 1. The van der Waals surface area contributed by atoms with Crippen LogP contribution in [0.2, 0.25) is 0 Å². The first-order valence-corrected chi connectivity index (χ1v) is 8.68. The van der Waals surface area contributed by atoms with Crippen LogP contribution < -0.4 is 5.73 Å². The Hall–Kier alpha value is -2.40. The summed E-state index contributed by atoms with van der Waals surface area (Å²) in [5.74, 6) is 0. The van der Waals surface area contributed by atoms with Crippen molar-refractivity contribution in [3.63, 3.8) is 0 Å². The quantitative estimate of drug-likeness (QED) is 0.678. The van der Waals surface area contributed by atoms with Gasteiger partial charge in [-0.1, -0.05) is 17.4 Å². The second-order valence-electron chi connectivity index (χ2n) is 5.75. The van der Waals surface area contributed by atoms with E-state index in [1.165, 1.54) is 35.1 Å². The van der Waals surface area contributed by atoms with E-state index in [0.29, 0.717) is 5.13 Å². The fourth-order valence-corrected chi connectivity index (χ4v) is 3.68. The summed E-state index contributed by atoms with van der Waals surface area (Å²) in [5, 5.41) is 1.76. The molecule has 0 atom stereocenters. The average Bonchev–Trinajstić information content (AvgIpc) is 3.21. The molecule has 4 rings (SSSR count). The molecule has 0 spiro atoms. The molecule has 4 nitrogen and oxygen atoms in total. The van der Waals surface area contributed by atoms with E-state index in [0.717, 1.165) is 34.6 Å². The maximum absolute atomic E-state index is 5.83. The summed E-state index contributed by atoms with van der Waals surface area (Å²) in [6.07, 6.45) is 10.8. The summed E-state index contributed by atoms with van der Waals surface area (Å²) in [5.41, 5.74) is 10.3. The van der Waals surface area contributed by atoms with E-state index in [-0.39, 0.29) is 0 Å². The second-order valence-corrected chi connectivity index (χ2v) is 6.81. The number of nitrogens with zero attached hydrogens (tertiary/aromatic N) is 2. The van der Waals surface area contributed by atoms with Gasteiger partial charge in [-0.05, 0) is 55.5 Å². The number of rotatable bonds is 3. The smallest absolute Gasteiger partial charge is 0.180 e. The molecule has 1 aromatic carbocycles. The van der Waals surface area contributed by atoms with Crippen molar-refractivity contribution in [2.45, 2.75) is 25.7 Å². The predicted molar refractivity (Wildman–Crippen MR) is 97.6 cm³/mol. The van der Waals surface area contributed by atoms with Gasteiger partial charge in [0.25, 0.3) is 0 Å². The summed E-state index contributed by atoms with van der Waals surface area (Å²) in [7, 11) is 0. The molecule has 0 radical (unpaired) electrons. The molecule has 0 aliphatic heterocycles. The van der Waals surface area contributed by atoms with E-state index in [1.807, 2.05) is 18.5 Å². The summed E-state index contributed by atoms with van der Waals surface area (Å²) in [4.78, 5) is 13.4. The molecule has 1 aliphatic rings. The van der Waals surface area contributed by atoms with Crippen molar-refractivity contribution < 1.29 is 0 Å². The first kappa shape index (κ1) is 14.2. The highest BCUT2D eigenvalue weighted by molar-refractivity contribution is 7.17. The van der Waals surface area contributed by atoms with E-state index in [4.69, 9.17) is 10.7 Å². The number of H-pyrrole nitrogens is 1. The maximum Gasteiger partial charge on any atom is 0.180 e. The van der Waals surface area contributed by atoms with Crippen molar-refractivity contribution in [2.24, 2.45) is 4.99 Å². The molecule has 0 bridgehead atoms. The lowest BCUT2D eigenvalue weighted by Gasteiger charge is -2.14. The van der Waals surface area contributed by atoms with Crippen molar-refractivity contribution in [1.29, 1.82) is 0 Å². The van der Waals surface area contributed by atoms with Crippen LogP contribution in [0.15, 0.2) is 53.3 Å². The van der Waals surface area contributed by atoms with E-state index < -0.39 is 0 Å². The molecule has 3 aromatic rings. The molecule has 116 valence electrons. The van der Waals surface area contributed by atoms with Gasteiger partial charge in [0.05, 0.1) is 16.3 Å². The van der Waals surface area contributed by atoms with Crippen LogP contribution in [0, 0.1) is 0 Å². The summed E-state index contributed by atoms with van der Waals surface area (Å²) in [6, 6.07) is 8.30. The van der Waals surface area contributed by atoms with Crippen molar-refractivity contribution in [2.75, 3.05) is 5.73 Å². The van der Waals surface area contributed by atoms with Gasteiger partial charge in [-0.15, -0.1) is 0 Å². The molecule has 0 amide bonds. The molecule has 23 heavy (non-hydrogen) atoms. The Kier molecular flexibility index (Phi) is 3.71. The van der Waals surface area contributed by atoms with E-state index in [1.54, 1.807) is 0 Å². The fraction of sp³-hybridized carbons (Fsp3) is 0.222. The zero-order valence-electron chi connectivity index (χ0n) is 12.7. The zero-order valence-corrected chi connectivity index (χ0v) is 13.6. The third-order valence-corrected chi connectivity index (χ3v) is 4.96. The normalized spacial score (nSPS) is 15.8. The number of aromatic nitrogens is 2. The average molecular weight is 322 g/mol. The van der Waals surface area contributed by atoms with Crippen molar-refractivity contribution >= 4 is 38.8 Å². The minimum atomic E-state index is 0.588. The lowest BCUT2D eigenvalue weighted by atomic mass is 9.95.